The van der Waals surface area contributed by atoms with E-state index in [4.69, 9.17) is 15.6 Å². The van der Waals surface area contributed by atoms with E-state index < -0.39 is 43.1 Å². The highest BCUT2D eigenvalue weighted by Crippen LogP contribution is 2.37. The van der Waals surface area contributed by atoms with E-state index >= 15 is 0 Å². The average Bonchev–Trinajstić information content (AvgIpc) is 2.63. The zero-order valence-electron chi connectivity index (χ0n) is 10.5. The summed E-state index contributed by atoms with van der Waals surface area (Å²) in [5, 5.41) is 28.7. The van der Waals surface area contributed by atoms with Gasteiger partial charge in [0.1, 0.15) is 18.0 Å². The zero-order valence-corrected chi connectivity index (χ0v) is 10.5. The minimum atomic E-state index is -3.44. The molecule has 1 aliphatic rings. The lowest BCUT2D eigenvalue weighted by Gasteiger charge is -2.32. The Labute approximate surface area is 116 Å². The average molecular weight is 309 g/mol. The van der Waals surface area contributed by atoms with Crippen molar-refractivity contribution >= 4 is 5.82 Å². The van der Waals surface area contributed by atoms with E-state index in [2.05, 4.69) is 9.72 Å². The quantitative estimate of drug-likeness (QED) is 0.491. The molecule has 2 rings (SSSR count). The van der Waals surface area contributed by atoms with Gasteiger partial charge < -0.3 is 25.8 Å². The number of aliphatic hydroxyl groups excluding tert-OH is 3. The number of nitrogens with zero attached hydrogens (tertiary/aromatic N) is 2. The lowest BCUT2D eigenvalue weighted by molar-refractivity contribution is -0.374. The van der Waals surface area contributed by atoms with E-state index in [1.807, 2.05) is 0 Å². The molecule has 118 valence electrons. The maximum Gasteiger partial charge on any atom is 0.353 e. The van der Waals surface area contributed by atoms with Gasteiger partial charge >= 0.3 is 12.3 Å². The minimum Gasteiger partial charge on any atom is -0.394 e. The van der Waals surface area contributed by atoms with E-state index in [1.54, 1.807) is 0 Å². The number of hydrogen-bond acceptors (Lipinski definition) is 8. The second kappa shape index (κ2) is 5.61. The van der Waals surface area contributed by atoms with Gasteiger partial charge in [0, 0.05) is 6.20 Å². The molecule has 2 heterocycles. The zero-order chi connectivity index (χ0) is 15.8. The highest BCUT2D eigenvalue weighted by molar-refractivity contribution is 5.24. The molecule has 1 fully saturated rings. The van der Waals surface area contributed by atoms with E-state index in [1.165, 1.54) is 0 Å². The number of aromatic nitrogens is 2. The molecule has 0 aliphatic carbocycles. The van der Waals surface area contributed by atoms with Crippen LogP contribution in [0.2, 0.25) is 0 Å². The molecule has 1 aromatic heterocycles. The van der Waals surface area contributed by atoms with Crippen molar-refractivity contribution in [1.29, 1.82) is 0 Å². The summed E-state index contributed by atoms with van der Waals surface area (Å²) >= 11 is 0. The van der Waals surface area contributed by atoms with E-state index in [0.717, 1.165) is 12.3 Å². The Kier molecular flexibility index (Phi) is 4.20. The van der Waals surface area contributed by atoms with Crippen LogP contribution in [0.1, 0.15) is 0 Å². The molecule has 5 N–H and O–H groups in total. The molecular weight excluding hydrogens is 296 g/mol. The molecule has 1 aromatic rings. The van der Waals surface area contributed by atoms with Crippen molar-refractivity contribution in [3.05, 3.63) is 22.7 Å². The van der Waals surface area contributed by atoms with Crippen LogP contribution in [0, 0.1) is 0 Å². The van der Waals surface area contributed by atoms with Gasteiger partial charge in [0.2, 0.25) is 0 Å². The number of hydrogen-bond donors (Lipinski definition) is 4. The van der Waals surface area contributed by atoms with Crippen LogP contribution in [0.15, 0.2) is 17.1 Å². The summed E-state index contributed by atoms with van der Waals surface area (Å²) < 4.78 is 34.9. The molecule has 0 saturated carbocycles. The number of aliphatic hydroxyl groups is 3. The van der Waals surface area contributed by atoms with Crippen LogP contribution in [0.4, 0.5) is 14.6 Å². The van der Waals surface area contributed by atoms with Crippen LogP contribution >= 0.6 is 0 Å². The fraction of sp³-hybridized carbons (Fsp3) is 0.600. The van der Waals surface area contributed by atoms with Gasteiger partial charge in [-0.25, -0.2) is 9.36 Å². The summed E-state index contributed by atoms with van der Waals surface area (Å²) in [4.78, 5) is 15.1. The summed E-state index contributed by atoms with van der Waals surface area (Å²) in [5.74, 6) is -2.91. The predicted octanol–water partition coefficient (Wildman–Crippen LogP) is -2.21. The van der Waals surface area contributed by atoms with Crippen LogP contribution in [0.25, 0.3) is 0 Å². The Balaban J connectivity index is 2.55. The smallest absolute Gasteiger partial charge is 0.353 e. The molecule has 0 radical (unpaired) electrons. The van der Waals surface area contributed by atoms with Gasteiger partial charge in [-0.2, -0.15) is 13.8 Å². The normalized spacial score (nSPS) is 32.8. The van der Waals surface area contributed by atoms with Crippen LogP contribution in [0.5, 0.6) is 0 Å². The predicted molar refractivity (Wildman–Crippen MR) is 61.9 cm³/mol. The first-order chi connectivity index (χ1) is 9.81. The molecule has 9 nitrogen and oxygen atoms in total. The third kappa shape index (κ3) is 2.61. The Bertz CT molecular complexity index is 570. The standard InChI is InChI=1S/C10H13F2N3O6/c11-8(12)21-10(7(18)6(17)4(3-16)20-10)15-2-1-5(13)14-9(15)19/h1-2,4,6-8,16-18H,3H2,(H2,13,14,19)/t4-,6-,7-,10+/m1/s1. The van der Waals surface area contributed by atoms with Gasteiger partial charge in [0.05, 0.1) is 6.61 Å². The molecule has 4 atom stereocenters. The van der Waals surface area contributed by atoms with E-state index in [9.17, 15) is 23.8 Å². The van der Waals surface area contributed by atoms with Crippen molar-refractivity contribution in [2.75, 3.05) is 12.3 Å². The Morgan fingerprint density at radius 2 is 2.24 bits per heavy atom. The molecule has 0 amide bonds. The van der Waals surface area contributed by atoms with Crippen molar-refractivity contribution in [3.8, 4) is 0 Å². The number of rotatable bonds is 4. The number of nitrogen functional groups attached to an aromatic ring is 1. The molecule has 0 spiro atoms. The molecule has 0 unspecified atom stereocenters. The summed E-state index contributed by atoms with van der Waals surface area (Å²) in [7, 11) is 0. The van der Waals surface area contributed by atoms with Crippen molar-refractivity contribution in [2.24, 2.45) is 0 Å². The van der Waals surface area contributed by atoms with Crippen LogP contribution in [-0.4, -0.2) is 56.4 Å². The second-order valence-corrected chi connectivity index (χ2v) is 4.29. The van der Waals surface area contributed by atoms with Gasteiger partial charge in [-0.05, 0) is 6.07 Å². The fourth-order valence-corrected chi connectivity index (χ4v) is 2.06. The molecule has 1 saturated heterocycles. The fourth-order valence-electron chi connectivity index (χ4n) is 2.06. The van der Waals surface area contributed by atoms with Crippen molar-refractivity contribution < 1.29 is 33.6 Å². The van der Waals surface area contributed by atoms with Gasteiger partial charge in [-0.3, -0.25) is 4.74 Å². The summed E-state index contributed by atoms with van der Waals surface area (Å²) in [6.45, 7) is -4.22. The highest BCUT2D eigenvalue weighted by atomic mass is 19.3. The monoisotopic (exact) mass is 309 g/mol. The minimum absolute atomic E-state index is 0.185. The lowest BCUT2D eigenvalue weighted by atomic mass is 10.1. The highest BCUT2D eigenvalue weighted by Gasteiger charge is 2.59. The first-order valence-electron chi connectivity index (χ1n) is 5.78. The Morgan fingerprint density at radius 1 is 1.57 bits per heavy atom. The number of nitrogens with two attached hydrogens (primary N) is 1. The molecule has 0 bridgehead atoms. The third-order valence-corrected chi connectivity index (χ3v) is 3.00. The number of alkyl halides is 2. The molecular formula is C10H13F2N3O6. The number of halogens is 2. The van der Waals surface area contributed by atoms with Gasteiger partial charge in [-0.1, -0.05) is 0 Å². The second-order valence-electron chi connectivity index (χ2n) is 4.29. The maximum atomic E-state index is 12.6. The molecule has 1 aliphatic heterocycles. The van der Waals surface area contributed by atoms with E-state index in [0.29, 0.717) is 4.57 Å². The van der Waals surface area contributed by atoms with Crippen LogP contribution in [-0.2, 0) is 15.4 Å². The Morgan fingerprint density at radius 3 is 2.71 bits per heavy atom. The summed E-state index contributed by atoms with van der Waals surface area (Å²) in [6, 6.07) is 1.09. The largest absolute Gasteiger partial charge is 0.394 e. The van der Waals surface area contributed by atoms with Crippen molar-refractivity contribution in [2.45, 2.75) is 30.8 Å². The number of anilines is 1. The van der Waals surface area contributed by atoms with E-state index in [-0.39, 0.29) is 5.82 Å². The lowest BCUT2D eigenvalue weighted by Crippen LogP contribution is -2.53. The van der Waals surface area contributed by atoms with Crippen molar-refractivity contribution in [1.82, 2.24) is 9.55 Å². The summed E-state index contributed by atoms with van der Waals surface area (Å²) in [6.07, 6.45) is -4.32. The van der Waals surface area contributed by atoms with Gasteiger partial charge in [-0.15, -0.1) is 0 Å². The SMILES string of the molecule is Nc1ccn([C@]2(OC(F)F)O[C@H](CO)[C@@H](O)[C@H]2O)c(=O)n1. The molecule has 11 heteroatoms. The van der Waals surface area contributed by atoms with Crippen LogP contribution < -0.4 is 11.4 Å². The molecule has 21 heavy (non-hydrogen) atoms. The Hall–Kier alpha value is -1.66. The third-order valence-electron chi connectivity index (χ3n) is 3.00. The topological polar surface area (TPSA) is 140 Å². The number of ether oxygens (including phenoxy) is 2. The summed E-state index contributed by atoms with van der Waals surface area (Å²) in [5.41, 5.74) is 4.14. The van der Waals surface area contributed by atoms with Crippen molar-refractivity contribution in [3.63, 3.8) is 0 Å². The van der Waals surface area contributed by atoms with Gasteiger partial charge in [0.25, 0.3) is 5.91 Å². The van der Waals surface area contributed by atoms with Crippen LogP contribution in [0.3, 0.4) is 0 Å². The first-order valence-corrected chi connectivity index (χ1v) is 5.78. The molecule has 0 aromatic carbocycles. The maximum absolute atomic E-state index is 12.6. The van der Waals surface area contributed by atoms with Gasteiger partial charge in [0.15, 0.2) is 6.10 Å². The first kappa shape index (κ1) is 15.7.